The first-order chi connectivity index (χ1) is 15.5. The van der Waals surface area contributed by atoms with Gasteiger partial charge in [0.15, 0.2) is 11.4 Å². The first-order valence-electron chi connectivity index (χ1n) is 10.2. The first-order valence-corrected chi connectivity index (χ1v) is 10.2. The van der Waals surface area contributed by atoms with Gasteiger partial charge < -0.3 is 9.73 Å². The van der Waals surface area contributed by atoms with Crippen LogP contribution in [0.3, 0.4) is 0 Å². The minimum Gasteiger partial charge on any atom is -0.460 e. The molecule has 0 fully saturated rings. The third-order valence-corrected chi connectivity index (χ3v) is 5.24. The number of pyridine rings is 1. The lowest BCUT2D eigenvalue weighted by Crippen LogP contribution is -2.28. The summed E-state index contributed by atoms with van der Waals surface area (Å²) in [6, 6.07) is 5.18. The average Bonchev–Trinajstić information content (AvgIpc) is 3.59. The summed E-state index contributed by atoms with van der Waals surface area (Å²) in [7, 11) is 0. The predicted octanol–water partition coefficient (Wildman–Crippen LogP) is 2.65. The minimum absolute atomic E-state index is 0.273. The number of aromatic amines is 1. The SMILES string of the molecule is CCc1cnnn1-c1cc(C(=O)NC(C)c2ncn[nH]2)cn2c(-c3ccc(C)o3)cnc12. The van der Waals surface area contributed by atoms with Crippen LogP contribution in [-0.4, -0.2) is 45.5 Å². The molecule has 5 heterocycles. The van der Waals surface area contributed by atoms with E-state index in [2.05, 4.69) is 35.8 Å². The van der Waals surface area contributed by atoms with Gasteiger partial charge in [0.1, 0.15) is 29.3 Å². The molecule has 1 unspecified atom stereocenters. The number of aryl methyl sites for hydroxylation is 2. The number of carbonyl (C=O) groups is 1. The fraction of sp³-hybridized carbons (Fsp3) is 0.238. The van der Waals surface area contributed by atoms with Crippen LogP contribution in [0, 0.1) is 6.92 Å². The molecule has 162 valence electrons. The Kier molecular flexibility index (Phi) is 4.77. The largest absolute Gasteiger partial charge is 0.460 e. The van der Waals surface area contributed by atoms with Crippen LogP contribution in [0.4, 0.5) is 0 Å². The van der Waals surface area contributed by atoms with Crippen LogP contribution in [0.5, 0.6) is 0 Å². The molecule has 0 saturated heterocycles. The molecule has 0 bridgehead atoms. The number of imidazole rings is 1. The summed E-state index contributed by atoms with van der Waals surface area (Å²) in [5, 5.41) is 17.8. The molecule has 0 aliphatic carbocycles. The maximum atomic E-state index is 13.2. The second kappa shape index (κ2) is 7.76. The molecule has 5 rings (SSSR count). The van der Waals surface area contributed by atoms with Gasteiger partial charge in [0.05, 0.1) is 29.7 Å². The fourth-order valence-electron chi connectivity index (χ4n) is 3.58. The Morgan fingerprint density at radius 1 is 1.28 bits per heavy atom. The lowest BCUT2D eigenvalue weighted by atomic mass is 10.2. The zero-order valence-electron chi connectivity index (χ0n) is 17.8. The quantitative estimate of drug-likeness (QED) is 0.422. The molecule has 0 saturated carbocycles. The van der Waals surface area contributed by atoms with Gasteiger partial charge in [-0.15, -0.1) is 5.10 Å². The minimum atomic E-state index is -0.350. The van der Waals surface area contributed by atoms with Crippen molar-refractivity contribution < 1.29 is 9.21 Å². The van der Waals surface area contributed by atoms with Gasteiger partial charge in [-0.1, -0.05) is 12.1 Å². The van der Waals surface area contributed by atoms with Crippen molar-refractivity contribution in [1.82, 2.24) is 44.9 Å². The van der Waals surface area contributed by atoms with E-state index in [4.69, 9.17) is 4.42 Å². The zero-order valence-corrected chi connectivity index (χ0v) is 17.8. The van der Waals surface area contributed by atoms with Crippen LogP contribution in [0.25, 0.3) is 22.8 Å². The predicted molar refractivity (Wildman–Crippen MR) is 114 cm³/mol. The van der Waals surface area contributed by atoms with E-state index in [1.807, 2.05) is 37.3 Å². The van der Waals surface area contributed by atoms with Gasteiger partial charge in [-0.3, -0.25) is 14.3 Å². The molecule has 0 aliphatic heterocycles. The highest BCUT2D eigenvalue weighted by Crippen LogP contribution is 2.27. The Morgan fingerprint density at radius 3 is 2.88 bits per heavy atom. The van der Waals surface area contributed by atoms with E-state index in [-0.39, 0.29) is 11.9 Å². The van der Waals surface area contributed by atoms with Crippen LogP contribution >= 0.6 is 0 Å². The molecule has 11 nitrogen and oxygen atoms in total. The van der Waals surface area contributed by atoms with Gasteiger partial charge >= 0.3 is 0 Å². The number of hydrogen-bond acceptors (Lipinski definition) is 7. The molecule has 0 aliphatic rings. The van der Waals surface area contributed by atoms with Gasteiger partial charge in [0.25, 0.3) is 5.91 Å². The Balaban J connectivity index is 1.65. The van der Waals surface area contributed by atoms with Crippen molar-refractivity contribution in [2.75, 3.05) is 0 Å². The number of amides is 1. The molecule has 5 aromatic rings. The van der Waals surface area contributed by atoms with Gasteiger partial charge in [0, 0.05) is 6.20 Å². The molecule has 32 heavy (non-hydrogen) atoms. The van der Waals surface area contributed by atoms with Crippen molar-refractivity contribution in [3.05, 3.63) is 66.0 Å². The van der Waals surface area contributed by atoms with E-state index in [1.165, 1.54) is 6.33 Å². The molecular weight excluding hydrogens is 410 g/mol. The van der Waals surface area contributed by atoms with E-state index in [9.17, 15) is 4.79 Å². The van der Waals surface area contributed by atoms with Gasteiger partial charge in [-0.05, 0) is 38.5 Å². The van der Waals surface area contributed by atoms with Crippen molar-refractivity contribution in [2.24, 2.45) is 0 Å². The number of aromatic nitrogens is 8. The number of furan rings is 1. The van der Waals surface area contributed by atoms with E-state index in [0.29, 0.717) is 28.5 Å². The highest BCUT2D eigenvalue weighted by atomic mass is 16.3. The molecule has 1 atom stereocenters. The van der Waals surface area contributed by atoms with Crippen LogP contribution in [-0.2, 0) is 6.42 Å². The summed E-state index contributed by atoms with van der Waals surface area (Å²) in [6.07, 6.45) is 7.29. The van der Waals surface area contributed by atoms with Crippen LogP contribution in [0.1, 0.15) is 47.5 Å². The smallest absolute Gasteiger partial charge is 0.253 e. The number of nitrogens with one attached hydrogen (secondary N) is 2. The molecule has 0 spiro atoms. The number of fused-ring (bicyclic) bond motifs is 1. The lowest BCUT2D eigenvalue weighted by molar-refractivity contribution is 0.0938. The van der Waals surface area contributed by atoms with Gasteiger partial charge in [0.2, 0.25) is 0 Å². The van der Waals surface area contributed by atoms with E-state index < -0.39 is 0 Å². The fourth-order valence-corrected chi connectivity index (χ4v) is 3.58. The van der Waals surface area contributed by atoms with Crippen LogP contribution in [0.2, 0.25) is 0 Å². The monoisotopic (exact) mass is 431 g/mol. The second-order valence-corrected chi connectivity index (χ2v) is 7.42. The summed E-state index contributed by atoms with van der Waals surface area (Å²) in [4.78, 5) is 21.9. The number of H-pyrrole nitrogens is 1. The number of hydrogen-bond donors (Lipinski definition) is 2. The van der Waals surface area contributed by atoms with Crippen molar-refractivity contribution in [3.8, 4) is 17.1 Å². The highest BCUT2D eigenvalue weighted by molar-refractivity contribution is 5.95. The molecular formula is C21H21N9O2. The highest BCUT2D eigenvalue weighted by Gasteiger charge is 2.20. The normalized spacial score (nSPS) is 12.3. The third kappa shape index (κ3) is 3.33. The van der Waals surface area contributed by atoms with Crippen molar-refractivity contribution >= 4 is 11.6 Å². The topological polar surface area (TPSA) is 132 Å². The Morgan fingerprint density at radius 2 is 2.16 bits per heavy atom. The van der Waals surface area contributed by atoms with E-state index in [1.54, 1.807) is 29.3 Å². The number of carbonyl (C=O) groups excluding carboxylic acids is 1. The average molecular weight is 431 g/mol. The standard InChI is InChI=1S/C21H21N9O2/c1-4-15-8-24-28-30(15)16-7-14(21(31)26-13(3)19-23-11-25-27-19)10-29-17(9-22-20(16)29)18-6-5-12(2)32-18/h5-11,13H,4H2,1-3H3,(H,26,31)(H,23,25,27). The summed E-state index contributed by atoms with van der Waals surface area (Å²) in [5.41, 5.74) is 3.34. The molecule has 5 aromatic heterocycles. The van der Waals surface area contributed by atoms with Crippen molar-refractivity contribution in [3.63, 3.8) is 0 Å². The summed E-state index contributed by atoms with van der Waals surface area (Å²) in [6.45, 7) is 5.73. The maximum Gasteiger partial charge on any atom is 0.253 e. The number of rotatable bonds is 6. The Hall–Kier alpha value is -4.28. The molecule has 1 amide bonds. The summed E-state index contributed by atoms with van der Waals surface area (Å²) < 4.78 is 9.35. The third-order valence-electron chi connectivity index (χ3n) is 5.24. The molecule has 2 N–H and O–H groups in total. The Bertz CT molecular complexity index is 1390. The van der Waals surface area contributed by atoms with E-state index in [0.717, 1.165) is 23.6 Å². The van der Waals surface area contributed by atoms with Gasteiger partial charge in [-0.2, -0.15) is 5.10 Å². The summed E-state index contributed by atoms with van der Waals surface area (Å²) in [5.74, 6) is 1.74. The molecule has 0 radical (unpaired) electrons. The summed E-state index contributed by atoms with van der Waals surface area (Å²) >= 11 is 0. The molecule has 11 heteroatoms. The van der Waals surface area contributed by atoms with Gasteiger partial charge in [-0.25, -0.2) is 14.6 Å². The zero-order chi connectivity index (χ0) is 22.2. The van der Waals surface area contributed by atoms with E-state index >= 15 is 0 Å². The maximum absolute atomic E-state index is 13.2. The van der Waals surface area contributed by atoms with Crippen LogP contribution in [0.15, 0.2) is 47.5 Å². The number of nitrogens with zero attached hydrogens (tertiary/aromatic N) is 7. The van der Waals surface area contributed by atoms with Crippen molar-refractivity contribution in [1.29, 1.82) is 0 Å². The van der Waals surface area contributed by atoms with Crippen molar-refractivity contribution in [2.45, 2.75) is 33.2 Å². The second-order valence-electron chi connectivity index (χ2n) is 7.42. The Labute approximate surface area is 182 Å². The lowest BCUT2D eigenvalue weighted by Gasteiger charge is -2.14. The molecule has 0 aromatic carbocycles. The van der Waals surface area contributed by atoms with Crippen LogP contribution < -0.4 is 5.32 Å². The first kappa shape index (κ1) is 19.7.